The summed E-state index contributed by atoms with van der Waals surface area (Å²) >= 11 is 0. The van der Waals surface area contributed by atoms with Gasteiger partial charge in [-0.1, -0.05) is 133 Å². The third-order valence-electron chi connectivity index (χ3n) is 10.8. The highest BCUT2D eigenvalue weighted by molar-refractivity contribution is 6.04. The standard InChI is InChI=1S/C50H36N2/c1-33-31-35(51-47-23-11-7-19-43(47)39-15-3-4-16-40(39)44-20-8-12-24-48(44)51)27-29-37(33)38-30-28-36(32-34(38)2)52-49-25-13-9-21-45(49)41-17-5-6-18-42(41)46-22-10-14-26-50(46)52/h3-32H,1-2H3. The molecule has 0 bridgehead atoms. The maximum atomic E-state index is 2.43. The summed E-state index contributed by atoms with van der Waals surface area (Å²) in [6.07, 6.45) is 0. The van der Waals surface area contributed by atoms with Gasteiger partial charge in [0.15, 0.2) is 0 Å². The van der Waals surface area contributed by atoms with E-state index >= 15 is 0 Å². The van der Waals surface area contributed by atoms with Crippen molar-refractivity contribution in [3.63, 3.8) is 0 Å². The van der Waals surface area contributed by atoms with E-state index in [9.17, 15) is 0 Å². The molecule has 2 nitrogen and oxygen atoms in total. The summed E-state index contributed by atoms with van der Waals surface area (Å²) in [5.41, 5.74) is 22.0. The van der Waals surface area contributed by atoms with Gasteiger partial charge in [-0.25, -0.2) is 0 Å². The van der Waals surface area contributed by atoms with E-state index in [1.807, 2.05) is 0 Å². The lowest BCUT2D eigenvalue weighted by Crippen LogP contribution is -2.11. The molecule has 8 aromatic rings. The van der Waals surface area contributed by atoms with Crippen molar-refractivity contribution in [1.29, 1.82) is 0 Å². The molecule has 0 radical (unpaired) electrons. The van der Waals surface area contributed by atoms with Gasteiger partial charge in [0.25, 0.3) is 0 Å². The summed E-state index contributed by atoms with van der Waals surface area (Å²) in [6, 6.07) is 66.6. The van der Waals surface area contributed by atoms with Crippen LogP contribution >= 0.6 is 0 Å². The molecular weight excluding hydrogens is 629 g/mol. The maximum Gasteiger partial charge on any atom is 0.0540 e. The van der Waals surface area contributed by atoms with E-state index in [1.54, 1.807) is 0 Å². The van der Waals surface area contributed by atoms with E-state index < -0.39 is 0 Å². The monoisotopic (exact) mass is 664 g/mol. The Bertz CT molecular complexity index is 2370. The lowest BCUT2D eigenvalue weighted by Gasteiger charge is -2.29. The average molecular weight is 665 g/mol. The zero-order chi connectivity index (χ0) is 34.8. The Labute approximate surface area is 305 Å². The van der Waals surface area contributed by atoms with Gasteiger partial charge in [-0.3, -0.25) is 0 Å². The molecular formula is C50H36N2. The Morgan fingerprint density at radius 3 is 0.769 bits per heavy atom. The molecule has 0 N–H and O–H groups in total. The number of rotatable bonds is 3. The lowest BCUT2D eigenvalue weighted by atomic mass is 9.95. The summed E-state index contributed by atoms with van der Waals surface area (Å²) in [4.78, 5) is 4.87. The molecule has 10 rings (SSSR count). The van der Waals surface area contributed by atoms with Gasteiger partial charge >= 0.3 is 0 Å². The van der Waals surface area contributed by atoms with Crippen molar-refractivity contribution in [1.82, 2.24) is 0 Å². The molecule has 2 aliphatic rings. The van der Waals surface area contributed by atoms with Crippen LogP contribution in [0.2, 0.25) is 0 Å². The van der Waals surface area contributed by atoms with Crippen LogP contribution in [-0.4, -0.2) is 0 Å². The number of fused-ring (bicyclic) bond motifs is 10. The van der Waals surface area contributed by atoms with Gasteiger partial charge in [0.1, 0.15) is 0 Å². The zero-order valence-corrected chi connectivity index (χ0v) is 29.2. The summed E-state index contributed by atoms with van der Waals surface area (Å²) in [5, 5.41) is 0. The molecule has 0 aromatic heterocycles. The van der Waals surface area contributed by atoms with E-state index in [4.69, 9.17) is 0 Å². The molecule has 2 heterocycles. The highest BCUT2D eigenvalue weighted by Gasteiger charge is 2.27. The second-order valence-corrected chi connectivity index (χ2v) is 13.8. The topological polar surface area (TPSA) is 6.48 Å². The first-order valence-corrected chi connectivity index (χ1v) is 18.0. The Balaban J connectivity index is 1.08. The summed E-state index contributed by atoms with van der Waals surface area (Å²) in [7, 11) is 0. The van der Waals surface area contributed by atoms with Gasteiger partial charge in [0.05, 0.1) is 22.7 Å². The number of para-hydroxylation sites is 4. The Morgan fingerprint density at radius 2 is 0.500 bits per heavy atom. The van der Waals surface area contributed by atoms with Crippen LogP contribution in [0.5, 0.6) is 0 Å². The van der Waals surface area contributed by atoms with Gasteiger partial charge in [-0.2, -0.15) is 0 Å². The minimum atomic E-state index is 1.15. The molecule has 0 spiro atoms. The van der Waals surface area contributed by atoms with Crippen LogP contribution < -0.4 is 9.80 Å². The molecule has 0 saturated carbocycles. The number of nitrogens with zero attached hydrogens (tertiary/aromatic N) is 2. The van der Waals surface area contributed by atoms with Crippen LogP contribution in [-0.2, 0) is 0 Å². The van der Waals surface area contributed by atoms with Crippen LogP contribution in [0.4, 0.5) is 34.1 Å². The zero-order valence-electron chi connectivity index (χ0n) is 29.2. The first kappa shape index (κ1) is 30.2. The number of anilines is 6. The molecule has 0 saturated heterocycles. The highest BCUT2D eigenvalue weighted by Crippen LogP contribution is 2.52. The molecule has 8 aromatic carbocycles. The second kappa shape index (κ2) is 12.0. The first-order chi connectivity index (χ1) is 25.7. The van der Waals surface area contributed by atoms with Crippen molar-refractivity contribution in [2.75, 3.05) is 9.80 Å². The number of hydrogen-bond donors (Lipinski definition) is 0. The average Bonchev–Trinajstić information content (AvgIpc) is 3.40. The molecule has 0 fully saturated rings. The van der Waals surface area contributed by atoms with Gasteiger partial charge in [0.2, 0.25) is 0 Å². The van der Waals surface area contributed by atoms with Crippen molar-refractivity contribution in [3.05, 3.63) is 193 Å². The van der Waals surface area contributed by atoms with Crippen LogP contribution in [0.1, 0.15) is 11.1 Å². The highest BCUT2D eigenvalue weighted by atomic mass is 15.2. The normalized spacial score (nSPS) is 12.3. The van der Waals surface area contributed by atoms with Gasteiger partial charge in [0, 0.05) is 33.6 Å². The van der Waals surface area contributed by atoms with Gasteiger partial charge < -0.3 is 9.80 Å². The molecule has 0 unspecified atom stereocenters. The summed E-state index contributed by atoms with van der Waals surface area (Å²) in [5.74, 6) is 0. The lowest BCUT2D eigenvalue weighted by molar-refractivity contribution is 1.27. The van der Waals surface area contributed by atoms with Crippen LogP contribution in [0, 0.1) is 13.8 Å². The van der Waals surface area contributed by atoms with Crippen molar-refractivity contribution >= 4 is 34.1 Å². The summed E-state index contributed by atoms with van der Waals surface area (Å²) < 4.78 is 0. The quantitative estimate of drug-likeness (QED) is 0.185. The van der Waals surface area contributed by atoms with Crippen molar-refractivity contribution in [2.45, 2.75) is 13.8 Å². The second-order valence-electron chi connectivity index (χ2n) is 13.8. The van der Waals surface area contributed by atoms with Crippen LogP contribution in [0.15, 0.2) is 182 Å². The molecule has 2 aliphatic heterocycles. The van der Waals surface area contributed by atoms with Crippen molar-refractivity contribution < 1.29 is 0 Å². The maximum absolute atomic E-state index is 2.43. The van der Waals surface area contributed by atoms with Crippen molar-refractivity contribution in [3.8, 4) is 55.6 Å². The van der Waals surface area contributed by atoms with E-state index in [0.29, 0.717) is 0 Å². The van der Waals surface area contributed by atoms with Gasteiger partial charge in [-0.15, -0.1) is 0 Å². The fraction of sp³-hybridized carbons (Fsp3) is 0.0400. The predicted octanol–water partition coefficient (Wildman–Crippen LogP) is 14.2. The fourth-order valence-electron chi connectivity index (χ4n) is 8.49. The number of hydrogen-bond acceptors (Lipinski definition) is 2. The van der Waals surface area contributed by atoms with Crippen molar-refractivity contribution in [2.24, 2.45) is 0 Å². The minimum absolute atomic E-state index is 1.15. The molecule has 2 heteroatoms. The van der Waals surface area contributed by atoms with Crippen LogP contribution in [0.3, 0.4) is 0 Å². The van der Waals surface area contributed by atoms with E-state index in [2.05, 4.69) is 206 Å². The predicted molar refractivity (Wildman–Crippen MR) is 220 cm³/mol. The molecule has 52 heavy (non-hydrogen) atoms. The molecule has 0 atom stereocenters. The summed E-state index contributed by atoms with van der Waals surface area (Å²) in [6.45, 7) is 4.49. The Kier molecular flexibility index (Phi) is 6.97. The Hall–Kier alpha value is -6.64. The SMILES string of the molecule is Cc1cc(N2c3ccccc3-c3ccccc3-c3ccccc32)ccc1-c1ccc(N2c3ccccc3-c3ccccc3-c3ccccc32)cc1C. The number of aryl methyl sites for hydroxylation is 2. The molecule has 0 amide bonds. The fourth-order valence-corrected chi connectivity index (χ4v) is 8.49. The number of benzene rings is 8. The first-order valence-electron chi connectivity index (χ1n) is 18.0. The smallest absolute Gasteiger partial charge is 0.0540 e. The third kappa shape index (κ3) is 4.65. The van der Waals surface area contributed by atoms with E-state index in [-0.39, 0.29) is 0 Å². The van der Waals surface area contributed by atoms with Crippen LogP contribution in [0.25, 0.3) is 55.6 Å². The molecule has 0 aliphatic carbocycles. The largest absolute Gasteiger partial charge is 0.309 e. The Morgan fingerprint density at radius 1 is 0.250 bits per heavy atom. The third-order valence-corrected chi connectivity index (χ3v) is 10.8. The minimum Gasteiger partial charge on any atom is -0.309 e. The van der Waals surface area contributed by atoms with E-state index in [0.717, 1.165) is 11.4 Å². The molecule has 246 valence electrons. The van der Waals surface area contributed by atoms with Gasteiger partial charge in [-0.05, 0) is 107 Å². The van der Waals surface area contributed by atoms with E-state index in [1.165, 1.54) is 89.5 Å².